The van der Waals surface area contributed by atoms with Crippen molar-refractivity contribution in [1.29, 1.82) is 0 Å². The van der Waals surface area contributed by atoms with Gasteiger partial charge in [0.1, 0.15) is 5.75 Å². The summed E-state index contributed by atoms with van der Waals surface area (Å²) in [6, 6.07) is 12.7. The molecular weight excluding hydrogens is 358 g/mol. The van der Waals surface area contributed by atoms with Crippen LogP contribution in [0.15, 0.2) is 53.2 Å². The Balaban J connectivity index is 1.78. The summed E-state index contributed by atoms with van der Waals surface area (Å²) in [7, 11) is 3.13. The van der Waals surface area contributed by atoms with Crippen molar-refractivity contribution in [2.75, 3.05) is 20.8 Å². The lowest BCUT2D eigenvalue weighted by molar-refractivity contribution is -0.129. The fourth-order valence-electron chi connectivity index (χ4n) is 2.66. The van der Waals surface area contributed by atoms with Crippen molar-refractivity contribution in [1.82, 2.24) is 0 Å². The van der Waals surface area contributed by atoms with Crippen molar-refractivity contribution in [2.45, 2.75) is 19.8 Å². The first-order valence-electron chi connectivity index (χ1n) is 9.12. The topological polar surface area (TPSA) is 66.3 Å². The molecule has 2 aromatic rings. The number of hydrogen-bond acceptors (Lipinski definition) is 6. The molecule has 0 unspecified atom stereocenters. The van der Waals surface area contributed by atoms with Gasteiger partial charge in [-0.1, -0.05) is 19.4 Å². The minimum absolute atomic E-state index is 0.227. The van der Waals surface area contributed by atoms with Crippen LogP contribution in [0.25, 0.3) is 6.08 Å². The molecule has 0 atom stereocenters. The van der Waals surface area contributed by atoms with Gasteiger partial charge in [0, 0.05) is 5.56 Å². The summed E-state index contributed by atoms with van der Waals surface area (Å²) in [5, 5.41) is 0. The van der Waals surface area contributed by atoms with Crippen LogP contribution in [0.3, 0.4) is 0 Å². The number of carbonyl (C=O) groups excluding carboxylic acids is 1. The summed E-state index contributed by atoms with van der Waals surface area (Å²) >= 11 is 0. The molecule has 0 aliphatic carbocycles. The van der Waals surface area contributed by atoms with E-state index in [4.69, 9.17) is 18.9 Å². The molecule has 28 heavy (non-hydrogen) atoms. The molecule has 0 fully saturated rings. The molecule has 0 saturated carbocycles. The maximum Gasteiger partial charge on any atom is 0.363 e. The van der Waals surface area contributed by atoms with Crippen LogP contribution in [0.4, 0.5) is 0 Å². The second-order valence-corrected chi connectivity index (χ2v) is 6.18. The number of cyclic esters (lactones) is 1. The van der Waals surface area contributed by atoms with Gasteiger partial charge in [0.15, 0.2) is 17.2 Å². The molecule has 0 N–H and O–H groups in total. The van der Waals surface area contributed by atoms with Crippen LogP contribution < -0.4 is 14.2 Å². The average molecular weight is 381 g/mol. The number of nitrogens with zero attached hydrogens (tertiary/aromatic N) is 1. The van der Waals surface area contributed by atoms with Crippen molar-refractivity contribution >= 4 is 17.9 Å². The van der Waals surface area contributed by atoms with Gasteiger partial charge in [0.25, 0.3) is 0 Å². The summed E-state index contributed by atoms with van der Waals surface area (Å²) in [5.41, 5.74) is 1.70. The van der Waals surface area contributed by atoms with Crippen LogP contribution in [0.5, 0.6) is 17.2 Å². The van der Waals surface area contributed by atoms with Gasteiger partial charge in [-0.25, -0.2) is 9.79 Å². The van der Waals surface area contributed by atoms with E-state index in [-0.39, 0.29) is 11.6 Å². The zero-order valence-corrected chi connectivity index (χ0v) is 16.2. The SMILES string of the molecule is CCCCOc1ccc(C2=NC(=Cc3ccc(OC)c(OC)c3)C(=O)O2)cc1. The molecule has 6 nitrogen and oxygen atoms in total. The number of hydrogen-bond donors (Lipinski definition) is 0. The van der Waals surface area contributed by atoms with E-state index in [0.717, 1.165) is 24.2 Å². The largest absolute Gasteiger partial charge is 0.494 e. The van der Waals surface area contributed by atoms with E-state index in [0.29, 0.717) is 23.7 Å². The molecule has 3 rings (SSSR count). The maximum absolute atomic E-state index is 12.2. The summed E-state index contributed by atoms with van der Waals surface area (Å²) < 4.78 is 21.5. The van der Waals surface area contributed by atoms with Crippen LogP contribution in [-0.2, 0) is 9.53 Å². The Morgan fingerprint density at radius 3 is 2.46 bits per heavy atom. The van der Waals surface area contributed by atoms with Crippen molar-refractivity contribution < 1.29 is 23.7 Å². The molecule has 0 spiro atoms. The van der Waals surface area contributed by atoms with Crippen molar-refractivity contribution in [3.8, 4) is 17.2 Å². The summed E-state index contributed by atoms with van der Waals surface area (Å²) in [6.07, 6.45) is 3.75. The molecule has 6 heteroatoms. The standard InChI is InChI=1S/C22H23NO5/c1-4-5-12-27-17-9-7-16(8-10-17)21-23-18(22(24)28-21)13-15-6-11-19(25-2)20(14-15)26-3/h6-11,13-14H,4-5,12H2,1-3H3. The molecule has 146 valence electrons. The lowest BCUT2D eigenvalue weighted by Gasteiger charge is -2.07. The van der Waals surface area contributed by atoms with E-state index >= 15 is 0 Å². The molecule has 0 bridgehead atoms. The third-order valence-electron chi connectivity index (χ3n) is 4.20. The Kier molecular flexibility index (Phi) is 6.32. The monoisotopic (exact) mass is 381 g/mol. The number of methoxy groups -OCH3 is 2. The minimum Gasteiger partial charge on any atom is -0.494 e. The lowest BCUT2D eigenvalue weighted by atomic mass is 10.1. The van der Waals surface area contributed by atoms with Gasteiger partial charge in [-0.2, -0.15) is 0 Å². The van der Waals surface area contributed by atoms with Crippen LogP contribution in [0, 0.1) is 0 Å². The summed E-state index contributed by atoms with van der Waals surface area (Å²) in [5.74, 6) is 1.75. The Bertz CT molecular complexity index is 900. The van der Waals surface area contributed by atoms with Crippen molar-refractivity contribution in [2.24, 2.45) is 4.99 Å². The van der Waals surface area contributed by atoms with Crippen LogP contribution in [-0.4, -0.2) is 32.7 Å². The molecule has 1 aliphatic rings. The maximum atomic E-state index is 12.2. The molecule has 0 radical (unpaired) electrons. The first-order chi connectivity index (χ1) is 13.6. The first kappa shape index (κ1) is 19.5. The zero-order chi connectivity index (χ0) is 19.9. The molecule has 0 saturated heterocycles. The number of aliphatic imine (C=N–C) groups is 1. The van der Waals surface area contributed by atoms with Gasteiger partial charge in [-0.05, 0) is 54.5 Å². The molecular formula is C22H23NO5. The highest BCUT2D eigenvalue weighted by molar-refractivity contribution is 6.12. The normalized spacial score (nSPS) is 14.6. The van der Waals surface area contributed by atoms with Crippen molar-refractivity contribution in [3.05, 3.63) is 59.3 Å². The highest BCUT2D eigenvalue weighted by Gasteiger charge is 2.24. The highest BCUT2D eigenvalue weighted by Crippen LogP contribution is 2.29. The Morgan fingerprint density at radius 1 is 1.04 bits per heavy atom. The van der Waals surface area contributed by atoms with E-state index in [9.17, 15) is 4.79 Å². The van der Waals surface area contributed by atoms with Gasteiger partial charge in [-0.3, -0.25) is 0 Å². The summed E-state index contributed by atoms with van der Waals surface area (Å²) in [6.45, 7) is 2.80. The van der Waals surface area contributed by atoms with Gasteiger partial charge < -0.3 is 18.9 Å². The van der Waals surface area contributed by atoms with E-state index in [1.807, 2.05) is 30.3 Å². The molecule has 2 aromatic carbocycles. The molecule has 0 aromatic heterocycles. The third kappa shape index (κ3) is 4.52. The van der Waals surface area contributed by atoms with E-state index < -0.39 is 5.97 Å². The fraction of sp³-hybridized carbons (Fsp3) is 0.273. The number of carbonyl (C=O) groups is 1. The fourth-order valence-corrected chi connectivity index (χ4v) is 2.66. The third-order valence-corrected chi connectivity index (χ3v) is 4.20. The van der Waals surface area contributed by atoms with Gasteiger partial charge in [0.2, 0.25) is 5.90 Å². The lowest BCUT2D eigenvalue weighted by Crippen LogP contribution is -2.05. The highest BCUT2D eigenvalue weighted by atomic mass is 16.6. The van der Waals surface area contributed by atoms with Gasteiger partial charge in [0.05, 0.1) is 20.8 Å². The van der Waals surface area contributed by atoms with Gasteiger partial charge in [-0.15, -0.1) is 0 Å². The minimum atomic E-state index is -0.493. The van der Waals surface area contributed by atoms with E-state index in [1.54, 1.807) is 32.4 Å². The average Bonchev–Trinajstić information content (AvgIpc) is 3.09. The number of ether oxygens (including phenoxy) is 4. The predicted octanol–water partition coefficient (Wildman–Crippen LogP) is 4.23. The molecule has 1 aliphatic heterocycles. The van der Waals surface area contributed by atoms with E-state index in [2.05, 4.69) is 11.9 Å². The Labute approximate surface area is 164 Å². The number of benzene rings is 2. The molecule has 0 amide bonds. The second kappa shape index (κ2) is 9.08. The van der Waals surface area contributed by atoms with Crippen LogP contribution in [0.2, 0.25) is 0 Å². The number of unbranched alkanes of at least 4 members (excludes halogenated alkanes) is 1. The first-order valence-corrected chi connectivity index (χ1v) is 9.12. The van der Waals surface area contributed by atoms with E-state index in [1.165, 1.54) is 0 Å². The number of esters is 1. The quantitative estimate of drug-likeness (QED) is 0.389. The Hall–Kier alpha value is -3.28. The predicted molar refractivity (Wildman–Crippen MR) is 107 cm³/mol. The zero-order valence-electron chi connectivity index (χ0n) is 16.2. The van der Waals surface area contributed by atoms with Crippen LogP contribution in [0.1, 0.15) is 30.9 Å². The second-order valence-electron chi connectivity index (χ2n) is 6.18. The van der Waals surface area contributed by atoms with Crippen molar-refractivity contribution in [3.63, 3.8) is 0 Å². The Morgan fingerprint density at radius 2 is 1.79 bits per heavy atom. The summed E-state index contributed by atoms with van der Waals surface area (Å²) in [4.78, 5) is 16.5. The molecule has 1 heterocycles. The van der Waals surface area contributed by atoms with Crippen LogP contribution >= 0.6 is 0 Å². The smallest absolute Gasteiger partial charge is 0.363 e. The number of rotatable bonds is 8. The van der Waals surface area contributed by atoms with Gasteiger partial charge >= 0.3 is 5.97 Å².